The average molecular weight is 367 g/mol. The largest absolute Gasteiger partial charge is 0.497 e. The Kier molecular flexibility index (Phi) is 4.82. The van der Waals surface area contributed by atoms with Gasteiger partial charge >= 0.3 is 0 Å². The standard InChI is InChI=1S/C20H18N4O.ClH/c1-12-5-3-8-17-18(12)24-20(23-17)16-10-14(11-22-19(16)21)13-6-4-7-15(9-13)25-2;/h3-11H,1-2H3,(H2,21,22)(H,23,24);1H. The lowest BCUT2D eigenvalue weighted by molar-refractivity contribution is 0.415. The molecule has 26 heavy (non-hydrogen) atoms. The molecule has 2 aromatic heterocycles. The Hall–Kier alpha value is -3.05. The van der Waals surface area contributed by atoms with Gasteiger partial charge in [0.15, 0.2) is 0 Å². The third-order valence-corrected chi connectivity index (χ3v) is 4.29. The normalized spacial score (nSPS) is 10.5. The zero-order valence-electron chi connectivity index (χ0n) is 14.5. The van der Waals surface area contributed by atoms with Gasteiger partial charge in [-0.05, 0) is 42.3 Å². The molecule has 0 saturated heterocycles. The van der Waals surface area contributed by atoms with Crippen LogP contribution in [0, 0.1) is 6.92 Å². The predicted octanol–water partition coefficient (Wildman–Crippen LogP) is 4.61. The Morgan fingerprint density at radius 1 is 1.04 bits per heavy atom. The molecular formula is C20H19ClN4O. The van der Waals surface area contributed by atoms with Crippen molar-refractivity contribution in [1.29, 1.82) is 0 Å². The molecule has 2 aromatic carbocycles. The molecule has 0 unspecified atom stereocenters. The Labute approximate surface area is 157 Å². The summed E-state index contributed by atoms with van der Waals surface area (Å²) >= 11 is 0. The van der Waals surface area contributed by atoms with Crippen LogP contribution in [-0.2, 0) is 0 Å². The molecule has 0 aliphatic heterocycles. The first-order chi connectivity index (χ1) is 12.2. The smallest absolute Gasteiger partial charge is 0.142 e. The first-order valence-corrected chi connectivity index (χ1v) is 8.01. The van der Waals surface area contributed by atoms with Crippen LogP contribution in [0.25, 0.3) is 33.5 Å². The van der Waals surface area contributed by atoms with Gasteiger partial charge in [-0.1, -0.05) is 24.3 Å². The molecule has 0 radical (unpaired) electrons. The molecule has 132 valence electrons. The fourth-order valence-corrected chi connectivity index (χ4v) is 2.93. The first-order valence-electron chi connectivity index (χ1n) is 8.01. The lowest BCUT2D eigenvalue weighted by atomic mass is 10.0. The molecule has 0 aliphatic carbocycles. The fraction of sp³-hybridized carbons (Fsp3) is 0.100. The number of pyridine rings is 1. The summed E-state index contributed by atoms with van der Waals surface area (Å²) in [6, 6.07) is 15.9. The monoisotopic (exact) mass is 366 g/mol. The number of hydrogen-bond acceptors (Lipinski definition) is 4. The van der Waals surface area contributed by atoms with Crippen LogP contribution in [-0.4, -0.2) is 22.1 Å². The number of imidazole rings is 1. The SMILES string of the molecule is COc1cccc(-c2cnc(N)c(-c3nc4c(C)cccc4[nH]3)c2)c1.Cl. The molecule has 5 nitrogen and oxygen atoms in total. The molecule has 0 saturated carbocycles. The molecule has 4 aromatic rings. The van der Waals surface area contributed by atoms with Gasteiger partial charge in [0.05, 0.1) is 23.7 Å². The maximum Gasteiger partial charge on any atom is 0.142 e. The van der Waals surface area contributed by atoms with Crippen LogP contribution in [0.5, 0.6) is 5.75 Å². The van der Waals surface area contributed by atoms with Gasteiger partial charge in [0.25, 0.3) is 0 Å². The second kappa shape index (κ2) is 7.06. The van der Waals surface area contributed by atoms with Crippen molar-refractivity contribution in [2.45, 2.75) is 6.92 Å². The number of anilines is 1. The number of halogens is 1. The summed E-state index contributed by atoms with van der Waals surface area (Å²) in [4.78, 5) is 12.4. The van der Waals surface area contributed by atoms with Crippen LogP contribution in [0.1, 0.15) is 5.56 Å². The number of para-hydroxylation sites is 1. The van der Waals surface area contributed by atoms with Gasteiger partial charge in [0, 0.05) is 11.8 Å². The number of nitrogens with two attached hydrogens (primary N) is 1. The maximum atomic E-state index is 6.12. The molecule has 2 heterocycles. The molecule has 6 heteroatoms. The molecule has 0 amide bonds. The topological polar surface area (TPSA) is 76.8 Å². The predicted molar refractivity (Wildman–Crippen MR) is 108 cm³/mol. The van der Waals surface area contributed by atoms with Crippen LogP contribution in [0.15, 0.2) is 54.7 Å². The zero-order chi connectivity index (χ0) is 17.4. The highest BCUT2D eigenvalue weighted by atomic mass is 35.5. The number of H-pyrrole nitrogens is 1. The van der Waals surface area contributed by atoms with Crippen molar-refractivity contribution in [3.63, 3.8) is 0 Å². The minimum absolute atomic E-state index is 0. The van der Waals surface area contributed by atoms with Gasteiger partial charge in [-0.25, -0.2) is 9.97 Å². The number of aryl methyl sites for hydroxylation is 1. The second-order valence-corrected chi connectivity index (χ2v) is 5.95. The highest BCUT2D eigenvalue weighted by Crippen LogP contribution is 2.31. The summed E-state index contributed by atoms with van der Waals surface area (Å²) < 4.78 is 5.30. The number of nitrogen functional groups attached to an aromatic ring is 1. The van der Waals surface area contributed by atoms with Crippen molar-refractivity contribution in [3.8, 4) is 28.3 Å². The minimum Gasteiger partial charge on any atom is -0.497 e. The summed E-state index contributed by atoms with van der Waals surface area (Å²) in [5.74, 6) is 1.97. The first kappa shape index (κ1) is 17.8. The number of nitrogens with zero attached hydrogens (tertiary/aromatic N) is 2. The quantitative estimate of drug-likeness (QED) is 0.555. The van der Waals surface area contributed by atoms with E-state index in [1.807, 2.05) is 55.5 Å². The highest BCUT2D eigenvalue weighted by Gasteiger charge is 2.12. The Balaban J connectivity index is 0.00000196. The molecule has 0 spiro atoms. The number of aromatic nitrogens is 3. The molecule has 0 bridgehead atoms. The van der Waals surface area contributed by atoms with Gasteiger partial charge in [0.2, 0.25) is 0 Å². The van der Waals surface area contributed by atoms with Gasteiger partial charge < -0.3 is 15.5 Å². The van der Waals surface area contributed by atoms with E-state index in [-0.39, 0.29) is 12.4 Å². The summed E-state index contributed by atoms with van der Waals surface area (Å²) in [6.07, 6.45) is 1.77. The lowest BCUT2D eigenvalue weighted by Gasteiger charge is -2.07. The third-order valence-electron chi connectivity index (χ3n) is 4.29. The third kappa shape index (κ3) is 3.09. The van der Waals surface area contributed by atoms with E-state index < -0.39 is 0 Å². The van der Waals surface area contributed by atoms with Crippen LogP contribution in [0.4, 0.5) is 5.82 Å². The molecule has 4 rings (SSSR count). The van der Waals surface area contributed by atoms with Crippen molar-refractivity contribution in [2.24, 2.45) is 0 Å². The van der Waals surface area contributed by atoms with Crippen LogP contribution in [0.3, 0.4) is 0 Å². The van der Waals surface area contributed by atoms with E-state index in [0.717, 1.165) is 44.9 Å². The molecule has 3 N–H and O–H groups in total. The van der Waals surface area contributed by atoms with E-state index in [1.165, 1.54) is 0 Å². The fourth-order valence-electron chi connectivity index (χ4n) is 2.93. The number of hydrogen-bond donors (Lipinski definition) is 2. The number of ether oxygens (including phenoxy) is 1. The highest BCUT2D eigenvalue weighted by molar-refractivity contribution is 5.86. The van der Waals surface area contributed by atoms with Gasteiger partial charge in [-0.15, -0.1) is 12.4 Å². The van der Waals surface area contributed by atoms with Gasteiger partial charge in [-0.3, -0.25) is 0 Å². The van der Waals surface area contributed by atoms with E-state index >= 15 is 0 Å². The Bertz CT molecular complexity index is 1070. The Morgan fingerprint density at radius 2 is 1.85 bits per heavy atom. The van der Waals surface area contributed by atoms with Crippen molar-refractivity contribution in [3.05, 3.63) is 60.3 Å². The Morgan fingerprint density at radius 3 is 2.62 bits per heavy atom. The second-order valence-electron chi connectivity index (χ2n) is 5.95. The van der Waals surface area contributed by atoms with E-state index in [0.29, 0.717) is 5.82 Å². The van der Waals surface area contributed by atoms with Crippen LogP contribution in [0.2, 0.25) is 0 Å². The number of fused-ring (bicyclic) bond motifs is 1. The summed E-state index contributed by atoms with van der Waals surface area (Å²) in [5.41, 5.74) is 11.9. The van der Waals surface area contributed by atoms with E-state index in [9.17, 15) is 0 Å². The van der Waals surface area contributed by atoms with Gasteiger partial charge in [-0.2, -0.15) is 0 Å². The molecular weight excluding hydrogens is 348 g/mol. The zero-order valence-corrected chi connectivity index (χ0v) is 15.3. The van der Waals surface area contributed by atoms with Gasteiger partial charge in [0.1, 0.15) is 17.4 Å². The van der Waals surface area contributed by atoms with Crippen molar-refractivity contribution in [1.82, 2.24) is 15.0 Å². The molecule has 0 atom stereocenters. The van der Waals surface area contributed by atoms with Crippen LogP contribution >= 0.6 is 12.4 Å². The lowest BCUT2D eigenvalue weighted by Crippen LogP contribution is -1.96. The van der Waals surface area contributed by atoms with E-state index in [4.69, 9.17) is 15.5 Å². The van der Waals surface area contributed by atoms with Crippen LogP contribution < -0.4 is 10.5 Å². The van der Waals surface area contributed by atoms with Crippen molar-refractivity contribution < 1.29 is 4.74 Å². The van der Waals surface area contributed by atoms with E-state index in [2.05, 4.69) is 9.97 Å². The van der Waals surface area contributed by atoms with Crippen molar-refractivity contribution in [2.75, 3.05) is 12.8 Å². The van der Waals surface area contributed by atoms with Crippen molar-refractivity contribution >= 4 is 29.3 Å². The summed E-state index contributed by atoms with van der Waals surface area (Å²) in [5, 5.41) is 0. The number of aromatic amines is 1. The maximum absolute atomic E-state index is 6.12. The number of nitrogens with one attached hydrogen (secondary N) is 1. The molecule has 0 aliphatic rings. The number of methoxy groups -OCH3 is 1. The summed E-state index contributed by atoms with van der Waals surface area (Å²) in [7, 11) is 1.66. The minimum atomic E-state index is 0. The summed E-state index contributed by atoms with van der Waals surface area (Å²) in [6.45, 7) is 2.04. The van der Waals surface area contributed by atoms with E-state index in [1.54, 1.807) is 13.3 Å². The molecule has 0 fully saturated rings. The number of benzene rings is 2. The number of rotatable bonds is 3. The average Bonchev–Trinajstić information content (AvgIpc) is 3.07.